The molecule has 1 fully saturated rings. The second-order valence-corrected chi connectivity index (χ2v) is 6.01. The Kier molecular flexibility index (Phi) is 2.92. The molecule has 1 heterocycles. The molecule has 0 bridgehead atoms. The van der Waals surface area contributed by atoms with Crippen LogP contribution < -0.4 is 5.32 Å². The molecule has 0 saturated heterocycles. The van der Waals surface area contributed by atoms with Crippen LogP contribution in [0, 0.1) is 12.8 Å². The Morgan fingerprint density at radius 3 is 2.71 bits per heavy atom. The molecule has 3 heteroatoms. The molecule has 2 N–H and O–H groups in total. The number of aryl methyl sites for hydroxylation is 1. The van der Waals surface area contributed by atoms with E-state index in [1.54, 1.807) is 0 Å². The van der Waals surface area contributed by atoms with E-state index in [9.17, 15) is 0 Å². The lowest BCUT2D eigenvalue weighted by Crippen LogP contribution is -2.13. The highest BCUT2D eigenvalue weighted by Crippen LogP contribution is 2.43. The van der Waals surface area contributed by atoms with Gasteiger partial charge in [-0.25, -0.2) is 0 Å². The molecule has 1 aliphatic rings. The van der Waals surface area contributed by atoms with Gasteiger partial charge in [0.15, 0.2) is 0 Å². The summed E-state index contributed by atoms with van der Waals surface area (Å²) in [5.74, 6) is 0.742. The van der Waals surface area contributed by atoms with Gasteiger partial charge in [-0.05, 0) is 37.3 Å². The summed E-state index contributed by atoms with van der Waals surface area (Å²) in [5, 5.41) is 12.1. The number of rotatable bonds is 4. The van der Waals surface area contributed by atoms with Crippen LogP contribution in [0.5, 0.6) is 0 Å². The van der Waals surface area contributed by atoms with Crippen LogP contribution in [0.1, 0.15) is 30.0 Å². The predicted octanol–water partition coefficient (Wildman–Crippen LogP) is 4.43. The van der Waals surface area contributed by atoms with Crippen molar-refractivity contribution in [1.29, 1.82) is 0 Å². The molecule has 0 radical (unpaired) electrons. The fraction of sp³-hybridized carbons (Fsp3) is 0.278. The topological polar surface area (TPSA) is 40.7 Å². The first-order valence-corrected chi connectivity index (χ1v) is 7.56. The summed E-state index contributed by atoms with van der Waals surface area (Å²) >= 11 is 0. The monoisotopic (exact) mass is 277 g/mol. The minimum Gasteiger partial charge on any atom is -0.376 e. The molecule has 3 aromatic rings. The first-order valence-electron chi connectivity index (χ1n) is 7.56. The zero-order valence-electron chi connectivity index (χ0n) is 12.1. The van der Waals surface area contributed by atoms with Crippen LogP contribution >= 0.6 is 0 Å². The Bertz CT molecular complexity index is 753. The number of aromatic amines is 1. The summed E-state index contributed by atoms with van der Waals surface area (Å²) in [4.78, 5) is 0. The number of hydrogen-bond acceptors (Lipinski definition) is 2. The van der Waals surface area contributed by atoms with Crippen LogP contribution in [-0.2, 0) is 0 Å². The van der Waals surface area contributed by atoms with Crippen molar-refractivity contribution in [2.24, 2.45) is 5.92 Å². The number of nitrogens with zero attached hydrogens (tertiary/aromatic N) is 1. The van der Waals surface area contributed by atoms with Crippen LogP contribution in [0.2, 0.25) is 0 Å². The van der Waals surface area contributed by atoms with E-state index < -0.39 is 0 Å². The molecular formula is C18H19N3. The highest BCUT2D eigenvalue weighted by molar-refractivity contribution is 5.90. The van der Waals surface area contributed by atoms with Crippen LogP contribution in [0.3, 0.4) is 0 Å². The van der Waals surface area contributed by atoms with Gasteiger partial charge in [-0.2, -0.15) is 5.10 Å². The summed E-state index contributed by atoms with van der Waals surface area (Å²) < 4.78 is 0. The fourth-order valence-corrected chi connectivity index (χ4v) is 2.93. The largest absolute Gasteiger partial charge is 0.376 e. The third-order valence-electron chi connectivity index (χ3n) is 4.32. The SMILES string of the molecule is Cc1ccc(C(Nc2cccc3cn[nH]c23)C2CC2)cc1. The molecule has 0 amide bonds. The molecule has 2 aromatic carbocycles. The number of fused-ring (bicyclic) bond motifs is 1. The zero-order valence-corrected chi connectivity index (χ0v) is 12.1. The van der Waals surface area contributed by atoms with Crippen molar-refractivity contribution in [2.45, 2.75) is 25.8 Å². The average molecular weight is 277 g/mol. The van der Waals surface area contributed by atoms with E-state index in [1.165, 1.54) is 24.0 Å². The maximum atomic E-state index is 4.15. The summed E-state index contributed by atoms with van der Waals surface area (Å²) in [6.07, 6.45) is 4.49. The number of benzene rings is 2. The van der Waals surface area contributed by atoms with Gasteiger partial charge in [-0.15, -0.1) is 0 Å². The lowest BCUT2D eigenvalue weighted by Gasteiger charge is -2.20. The van der Waals surface area contributed by atoms with E-state index in [2.05, 4.69) is 64.9 Å². The van der Waals surface area contributed by atoms with Gasteiger partial charge in [-0.3, -0.25) is 5.10 Å². The second-order valence-electron chi connectivity index (χ2n) is 6.01. The van der Waals surface area contributed by atoms with E-state index >= 15 is 0 Å². The first-order chi connectivity index (χ1) is 10.3. The first kappa shape index (κ1) is 12.5. The van der Waals surface area contributed by atoms with Crippen LogP contribution in [-0.4, -0.2) is 10.2 Å². The van der Waals surface area contributed by atoms with Gasteiger partial charge in [0.05, 0.1) is 23.4 Å². The van der Waals surface area contributed by atoms with E-state index in [-0.39, 0.29) is 0 Å². The fourth-order valence-electron chi connectivity index (χ4n) is 2.93. The number of aromatic nitrogens is 2. The standard InChI is InChI=1S/C18H19N3/c1-12-5-7-13(8-6-12)17(14-9-10-14)20-16-4-2-3-15-11-19-21-18(15)16/h2-8,11,14,17,20H,9-10H2,1H3,(H,19,21). The maximum Gasteiger partial charge on any atom is 0.0881 e. The average Bonchev–Trinajstić information content (AvgIpc) is 3.22. The van der Waals surface area contributed by atoms with Gasteiger partial charge in [0.1, 0.15) is 0 Å². The van der Waals surface area contributed by atoms with Crippen molar-refractivity contribution in [3.05, 3.63) is 59.8 Å². The van der Waals surface area contributed by atoms with Crippen LogP contribution in [0.15, 0.2) is 48.7 Å². The number of para-hydroxylation sites is 1. The Balaban J connectivity index is 1.69. The molecule has 1 aromatic heterocycles. The summed E-state index contributed by atoms with van der Waals surface area (Å²) in [7, 11) is 0. The molecule has 1 atom stereocenters. The minimum absolute atomic E-state index is 0.388. The predicted molar refractivity (Wildman–Crippen MR) is 86.4 cm³/mol. The third-order valence-corrected chi connectivity index (χ3v) is 4.32. The van der Waals surface area contributed by atoms with Gasteiger partial charge in [-0.1, -0.05) is 42.0 Å². The molecular weight excluding hydrogens is 258 g/mol. The quantitative estimate of drug-likeness (QED) is 0.740. The number of nitrogens with one attached hydrogen (secondary N) is 2. The molecule has 1 saturated carbocycles. The van der Waals surface area contributed by atoms with Crippen molar-refractivity contribution >= 4 is 16.6 Å². The molecule has 0 aliphatic heterocycles. The molecule has 3 nitrogen and oxygen atoms in total. The minimum atomic E-state index is 0.388. The number of H-pyrrole nitrogens is 1. The zero-order chi connectivity index (χ0) is 14.2. The molecule has 4 rings (SSSR count). The van der Waals surface area contributed by atoms with Gasteiger partial charge < -0.3 is 5.32 Å². The van der Waals surface area contributed by atoms with Crippen molar-refractivity contribution in [3.63, 3.8) is 0 Å². The third kappa shape index (κ3) is 2.40. The van der Waals surface area contributed by atoms with E-state index in [0.717, 1.165) is 22.5 Å². The number of anilines is 1. The van der Waals surface area contributed by atoms with Crippen LogP contribution in [0.25, 0.3) is 10.9 Å². The molecule has 1 aliphatic carbocycles. The lowest BCUT2D eigenvalue weighted by atomic mass is 10.0. The van der Waals surface area contributed by atoms with E-state index in [1.807, 2.05) is 6.20 Å². The Hall–Kier alpha value is -2.29. The van der Waals surface area contributed by atoms with Crippen molar-refractivity contribution in [2.75, 3.05) is 5.32 Å². The lowest BCUT2D eigenvalue weighted by molar-refractivity contribution is 0.679. The van der Waals surface area contributed by atoms with Gasteiger partial charge >= 0.3 is 0 Å². The van der Waals surface area contributed by atoms with Crippen molar-refractivity contribution in [1.82, 2.24) is 10.2 Å². The van der Waals surface area contributed by atoms with Crippen molar-refractivity contribution in [3.8, 4) is 0 Å². The van der Waals surface area contributed by atoms with Crippen LogP contribution in [0.4, 0.5) is 5.69 Å². The molecule has 1 unspecified atom stereocenters. The van der Waals surface area contributed by atoms with Crippen molar-refractivity contribution < 1.29 is 0 Å². The normalized spacial score (nSPS) is 16.0. The summed E-state index contributed by atoms with van der Waals surface area (Å²) in [6.45, 7) is 2.13. The Labute approximate surface area is 124 Å². The maximum absolute atomic E-state index is 4.15. The van der Waals surface area contributed by atoms with E-state index in [4.69, 9.17) is 0 Å². The molecule has 106 valence electrons. The summed E-state index contributed by atoms with van der Waals surface area (Å²) in [5.41, 5.74) is 4.92. The van der Waals surface area contributed by atoms with Gasteiger partial charge in [0.25, 0.3) is 0 Å². The number of hydrogen-bond donors (Lipinski definition) is 2. The molecule has 21 heavy (non-hydrogen) atoms. The summed E-state index contributed by atoms with van der Waals surface area (Å²) in [6, 6.07) is 15.6. The van der Waals surface area contributed by atoms with Gasteiger partial charge in [0, 0.05) is 5.39 Å². The van der Waals surface area contributed by atoms with E-state index in [0.29, 0.717) is 6.04 Å². The Morgan fingerprint density at radius 2 is 1.95 bits per heavy atom. The molecule has 0 spiro atoms. The second kappa shape index (κ2) is 4.92. The van der Waals surface area contributed by atoms with Gasteiger partial charge in [0.2, 0.25) is 0 Å². The highest BCUT2D eigenvalue weighted by Gasteiger charge is 2.32. The smallest absolute Gasteiger partial charge is 0.0881 e. The highest BCUT2D eigenvalue weighted by atomic mass is 15.1. The Morgan fingerprint density at radius 1 is 1.14 bits per heavy atom.